The summed E-state index contributed by atoms with van der Waals surface area (Å²) in [6, 6.07) is 11.0. The largest absolute Gasteiger partial charge is 0.279 e. The van der Waals surface area contributed by atoms with Crippen molar-refractivity contribution in [2.45, 2.75) is 11.8 Å². The summed E-state index contributed by atoms with van der Waals surface area (Å²) in [5.41, 5.74) is 1.25. The van der Waals surface area contributed by atoms with E-state index in [1.807, 2.05) is 0 Å². The van der Waals surface area contributed by atoms with Crippen LogP contribution in [-0.4, -0.2) is 8.42 Å². The normalized spacial score (nSPS) is 11.3. The smallest absolute Gasteiger partial charge is 0.261 e. The van der Waals surface area contributed by atoms with Gasteiger partial charge in [0.25, 0.3) is 10.0 Å². The van der Waals surface area contributed by atoms with Crippen LogP contribution in [-0.2, 0) is 10.0 Å². The summed E-state index contributed by atoms with van der Waals surface area (Å²) in [7, 11) is -3.64. The van der Waals surface area contributed by atoms with Gasteiger partial charge in [-0.15, -0.1) is 0 Å². The second kappa shape index (κ2) is 5.41. The van der Waals surface area contributed by atoms with Gasteiger partial charge >= 0.3 is 0 Å². The molecule has 100 valence electrons. The highest BCUT2D eigenvalue weighted by atomic mass is 35.5. The van der Waals surface area contributed by atoms with Gasteiger partial charge in [-0.3, -0.25) is 4.72 Å². The lowest BCUT2D eigenvalue weighted by molar-refractivity contribution is 0.601. The summed E-state index contributed by atoms with van der Waals surface area (Å²) in [6.07, 6.45) is 0. The van der Waals surface area contributed by atoms with Gasteiger partial charge in [0, 0.05) is 10.0 Å². The summed E-state index contributed by atoms with van der Waals surface area (Å²) >= 11 is 11.6. The van der Waals surface area contributed by atoms with Crippen LogP contribution in [0.25, 0.3) is 0 Å². The predicted octanol–water partition coefficient (Wildman–Crippen LogP) is 4.10. The zero-order chi connectivity index (χ0) is 14.0. The molecule has 0 aliphatic carbocycles. The quantitative estimate of drug-likeness (QED) is 0.926. The molecule has 0 fully saturated rings. The third kappa shape index (κ3) is 3.41. The van der Waals surface area contributed by atoms with E-state index < -0.39 is 10.0 Å². The van der Waals surface area contributed by atoms with Gasteiger partial charge in [0.05, 0.1) is 10.6 Å². The zero-order valence-corrected chi connectivity index (χ0v) is 12.4. The molecule has 0 amide bonds. The number of benzene rings is 2. The minimum Gasteiger partial charge on any atom is -0.279 e. The van der Waals surface area contributed by atoms with Crippen molar-refractivity contribution in [1.29, 1.82) is 0 Å². The highest BCUT2D eigenvalue weighted by Crippen LogP contribution is 2.23. The molecular formula is C13H11Cl2NO2S. The molecule has 19 heavy (non-hydrogen) atoms. The maximum absolute atomic E-state index is 12.2. The zero-order valence-electron chi connectivity index (χ0n) is 10.0. The number of anilines is 1. The predicted molar refractivity (Wildman–Crippen MR) is 78.4 cm³/mol. The van der Waals surface area contributed by atoms with E-state index in [-0.39, 0.29) is 4.90 Å². The molecule has 0 saturated heterocycles. The fraction of sp³-hybridized carbons (Fsp3) is 0.0769. The van der Waals surface area contributed by atoms with Crippen LogP contribution in [0.2, 0.25) is 10.0 Å². The topological polar surface area (TPSA) is 46.2 Å². The second-order valence-corrected chi connectivity index (χ2v) is 6.57. The molecule has 6 heteroatoms. The Hall–Kier alpha value is -1.23. The van der Waals surface area contributed by atoms with Crippen LogP contribution in [0.3, 0.4) is 0 Å². The number of halogens is 2. The van der Waals surface area contributed by atoms with Crippen molar-refractivity contribution in [2.75, 3.05) is 4.72 Å². The van der Waals surface area contributed by atoms with Gasteiger partial charge in [0.15, 0.2) is 0 Å². The van der Waals surface area contributed by atoms with E-state index >= 15 is 0 Å². The Balaban J connectivity index is 2.36. The van der Waals surface area contributed by atoms with Gasteiger partial charge in [-0.25, -0.2) is 8.42 Å². The molecule has 0 spiro atoms. The van der Waals surface area contributed by atoms with Crippen molar-refractivity contribution in [3.63, 3.8) is 0 Å². The summed E-state index contributed by atoms with van der Waals surface area (Å²) in [6.45, 7) is 1.80. The highest BCUT2D eigenvalue weighted by molar-refractivity contribution is 7.92. The van der Waals surface area contributed by atoms with E-state index in [9.17, 15) is 8.42 Å². The minimum absolute atomic E-state index is 0.149. The third-order valence-electron chi connectivity index (χ3n) is 2.57. The van der Waals surface area contributed by atoms with Crippen LogP contribution in [0.5, 0.6) is 0 Å². The molecule has 0 radical (unpaired) electrons. The number of hydrogen-bond acceptors (Lipinski definition) is 2. The van der Waals surface area contributed by atoms with Crippen LogP contribution in [0.15, 0.2) is 47.4 Å². The fourth-order valence-electron chi connectivity index (χ4n) is 1.52. The Morgan fingerprint density at radius 1 is 0.947 bits per heavy atom. The Bertz CT molecular complexity index is 697. The SMILES string of the molecule is Cc1ccc(Cl)cc1NS(=O)(=O)c1ccc(Cl)cc1. The van der Waals surface area contributed by atoms with Crippen molar-refractivity contribution in [3.05, 3.63) is 58.1 Å². The molecule has 0 bridgehead atoms. The molecule has 0 aliphatic rings. The molecule has 0 saturated carbocycles. The van der Waals surface area contributed by atoms with Crippen molar-refractivity contribution in [2.24, 2.45) is 0 Å². The van der Waals surface area contributed by atoms with Crippen LogP contribution >= 0.6 is 23.2 Å². The second-order valence-electron chi connectivity index (χ2n) is 4.02. The summed E-state index contributed by atoms with van der Waals surface area (Å²) in [4.78, 5) is 0.149. The van der Waals surface area contributed by atoms with Crippen molar-refractivity contribution < 1.29 is 8.42 Å². The molecule has 2 aromatic carbocycles. The van der Waals surface area contributed by atoms with Crippen LogP contribution < -0.4 is 4.72 Å². The molecule has 3 nitrogen and oxygen atoms in total. The maximum Gasteiger partial charge on any atom is 0.261 e. The van der Waals surface area contributed by atoms with Crippen LogP contribution in [0.4, 0.5) is 5.69 Å². The van der Waals surface area contributed by atoms with Gasteiger partial charge in [0.2, 0.25) is 0 Å². The lowest BCUT2D eigenvalue weighted by atomic mass is 10.2. The molecule has 0 atom stereocenters. The highest BCUT2D eigenvalue weighted by Gasteiger charge is 2.15. The van der Waals surface area contributed by atoms with Gasteiger partial charge in [-0.2, -0.15) is 0 Å². The van der Waals surface area contributed by atoms with Gasteiger partial charge in [-0.05, 0) is 48.9 Å². The Kier molecular flexibility index (Phi) is 4.04. The molecular weight excluding hydrogens is 305 g/mol. The number of aryl methyl sites for hydroxylation is 1. The van der Waals surface area contributed by atoms with E-state index in [0.29, 0.717) is 15.7 Å². The molecule has 1 N–H and O–H groups in total. The molecule has 0 aromatic heterocycles. The number of sulfonamides is 1. The first-order valence-corrected chi connectivity index (χ1v) is 7.67. The van der Waals surface area contributed by atoms with E-state index in [2.05, 4.69) is 4.72 Å². The first-order chi connectivity index (χ1) is 8.88. The molecule has 0 aliphatic heterocycles. The lowest BCUT2D eigenvalue weighted by Gasteiger charge is -2.11. The Morgan fingerprint density at radius 2 is 1.53 bits per heavy atom. The van der Waals surface area contributed by atoms with E-state index in [4.69, 9.17) is 23.2 Å². The maximum atomic E-state index is 12.2. The first kappa shape index (κ1) is 14.2. The van der Waals surface area contributed by atoms with Gasteiger partial charge in [-0.1, -0.05) is 29.3 Å². The number of nitrogens with one attached hydrogen (secondary N) is 1. The van der Waals surface area contributed by atoms with E-state index in [1.165, 1.54) is 24.3 Å². The van der Waals surface area contributed by atoms with Gasteiger partial charge < -0.3 is 0 Å². The molecule has 0 heterocycles. The molecule has 2 aromatic rings. The lowest BCUT2D eigenvalue weighted by Crippen LogP contribution is -2.13. The van der Waals surface area contributed by atoms with E-state index in [0.717, 1.165) is 5.56 Å². The molecule has 0 unspecified atom stereocenters. The average molecular weight is 316 g/mol. The fourth-order valence-corrected chi connectivity index (χ4v) is 2.94. The van der Waals surface area contributed by atoms with Crippen molar-refractivity contribution in [3.8, 4) is 0 Å². The van der Waals surface area contributed by atoms with Crippen LogP contribution in [0.1, 0.15) is 5.56 Å². The standard InChI is InChI=1S/C13H11Cl2NO2S/c1-9-2-3-11(15)8-13(9)16-19(17,18)12-6-4-10(14)5-7-12/h2-8,16H,1H3. The Morgan fingerprint density at radius 3 is 2.16 bits per heavy atom. The van der Waals surface area contributed by atoms with Crippen LogP contribution in [0, 0.1) is 6.92 Å². The molecule has 2 rings (SSSR count). The summed E-state index contributed by atoms with van der Waals surface area (Å²) < 4.78 is 26.9. The Labute approximate surface area is 122 Å². The first-order valence-electron chi connectivity index (χ1n) is 5.43. The minimum atomic E-state index is -3.64. The van der Waals surface area contributed by atoms with Crippen molar-refractivity contribution in [1.82, 2.24) is 0 Å². The average Bonchev–Trinajstić information content (AvgIpc) is 2.34. The monoisotopic (exact) mass is 315 g/mol. The number of hydrogen-bond donors (Lipinski definition) is 1. The summed E-state index contributed by atoms with van der Waals surface area (Å²) in [5, 5.41) is 0.956. The van der Waals surface area contributed by atoms with Crippen molar-refractivity contribution >= 4 is 38.9 Å². The van der Waals surface area contributed by atoms with Gasteiger partial charge in [0.1, 0.15) is 0 Å². The third-order valence-corrected chi connectivity index (χ3v) is 4.44. The summed E-state index contributed by atoms with van der Waals surface area (Å²) in [5.74, 6) is 0. The van der Waals surface area contributed by atoms with E-state index in [1.54, 1.807) is 25.1 Å². The number of rotatable bonds is 3.